The van der Waals surface area contributed by atoms with Crippen molar-refractivity contribution in [1.29, 1.82) is 0 Å². The number of rotatable bonds is 4. The van der Waals surface area contributed by atoms with Crippen molar-refractivity contribution in [3.8, 4) is 0 Å². The van der Waals surface area contributed by atoms with Crippen LogP contribution in [0.5, 0.6) is 0 Å². The SMILES string of the molecule is CCCSc1cc(C(=O)O)nc(Cl)n1. The average Bonchev–Trinajstić information content (AvgIpc) is 2.14. The Morgan fingerprint density at radius 3 is 2.93 bits per heavy atom. The molecule has 0 aromatic carbocycles. The Labute approximate surface area is 90.7 Å². The van der Waals surface area contributed by atoms with Gasteiger partial charge in [0.05, 0.1) is 0 Å². The summed E-state index contributed by atoms with van der Waals surface area (Å²) in [5.74, 6) is -0.209. The topological polar surface area (TPSA) is 63.1 Å². The van der Waals surface area contributed by atoms with E-state index in [2.05, 4.69) is 9.97 Å². The van der Waals surface area contributed by atoms with Crippen LogP contribution in [0.15, 0.2) is 11.1 Å². The predicted octanol–water partition coefficient (Wildman–Crippen LogP) is 2.33. The summed E-state index contributed by atoms with van der Waals surface area (Å²) in [4.78, 5) is 18.1. The molecule has 1 N–H and O–H groups in total. The second-order valence-corrected chi connectivity index (χ2v) is 3.97. The van der Waals surface area contributed by atoms with Crippen molar-refractivity contribution in [3.63, 3.8) is 0 Å². The molecule has 1 rings (SSSR count). The Morgan fingerprint density at radius 1 is 1.64 bits per heavy atom. The summed E-state index contributed by atoms with van der Waals surface area (Å²) in [6, 6.07) is 1.43. The van der Waals surface area contributed by atoms with Crippen molar-refractivity contribution in [2.75, 3.05) is 5.75 Å². The summed E-state index contributed by atoms with van der Waals surface area (Å²) >= 11 is 7.04. The van der Waals surface area contributed by atoms with Gasteiger partial charge in [0.2, 0.25) is 5.28 Å². The fourth-order valence-electron chi connectivity index (χ4n) is 0.787. The third-order valence-electron chi connectivity index (χ3n) is 1.35. The number of halogens is 1. The van der Waals surface area contributed by atoms with Crippen LogP contribution in [0.1, 0.15) is 23.8 Å². The Kier molecular flexibility index (Phi) is 4.16. The van der Waals surface area contributed by atoms with E-state index in [9.17, 15) is 4.79 Å². The summed E-state index contributed by atoms with van der Waals surface area (Å²) in [6.45, 7) is 2.04. The van der Waals surface area contributed by atoms with E-state index in [1.54, 1.807) is 0 Å². The van der Waals surface area contributed by atoms with E-state index in [1.807, 2.05) is 6.92 Å². The minimum absolute atomic E-state index is 0.0245. The number of carboxylic acids is 1. The van der Waals surface area contributed by atoms with Crippen LogP contribution in [0, 0.1) is 0 Å². The summed E-state index contributed by atoms with van der Waals surface area (Å²) in [7, 11) is 0. The predicted molar refractivity (Wildman–Crippen MR) is 55.0 cm³/mol. The molecule has 1 heterocycles. The highest BCUT2D eigenvalue weighted by molar-refractivity contribution is 7.99. The van der Waals surface area contributed by atoms with Crippen molar-refractivity contribution in [3.05, 3.63) is 17.0 Å². The van der Waals surface area contributed by atoms with Crippen LogP contribution in [0.2, 0.25) is 5.28 Å². The second kappa shape index (κ2) is 5.17. The van der Waals surface area contributed by atoms with Gasteiger partial charge in [-0.1, -0.05) is 6.92 Å². The highest BCUT2D eigenvalue weighted by Crippen LogP contribution is 2.18. The van der Waals surface area contributed by atoms with Gasteiger partial charge in [0.15, 0.2) is 5.69 Å². The molecule has 1 aromatic rings. The number of thioether (sulfide) groups is 1. The van der Waals surface area contributed by atoms with Gasteiger partial charge in [-0.2, -0.15) is 0 Å². The Bertz CT molecular complexity index is 346. The van der Waals surface area contributed by atoms with Gasteiger partial charge in [-0.3, -0.25) is 0 Å². The van der Waals surface area contributed by atoms with E-state index in [0.29, 0.717) is 5.03 Å². The first-order valence-electron chi connectivity index (χ1n) is 4.04. The van der Waals surface area contributed by atoms with E-state index in [0.717, 1.165) is 12.2 Å². The molecule has 0 aliphatic heterocycles. The molecule has 0 atom stereocenters. The lowest BCUT2D eigenvalue weighted by molar-refractivity contribution is 0.0690. The molecule has 0 spiro atoms. The number of nitrogens with zero attached hydrogens (tertiary/aromatic N) is 2. The zero-order valence-corrected chi connectivity index (χ0v) is 9.10. The lowest BCUT2D eigenvalue weighted by Gasteiger charge is -2.00. The second-order valence-electron chi connectivity index (χ2n) is 2.51. The maximum Gasteiger partial charge on any atom is 0.354 e. The Balaban J connectivity index is 2.89. The van der Waals surface area contributed by atoms with E-state index in [-0.39, 0.29) is 11.0 Å². The van der Waals surface area contributed by atoms with Gasteiger partial charge in [0.1, 0.15) is 5.03 Å². The molecule has 6 heteroatoms. The van der Waals surface area contributed by atoms with Gasteiger partial charge in [-0.15, -0.1) is 11.8 Å². The molecule has 0 saturated carbocycles. The average molecular weight is 233 g/mol. The van der Waals surface area contributed by atoms with Crippen molar-refractivity contribution < 1.29 is 9.90 Å². The van der Waals surface area contributed by atoms with Gasteiger partial charge < -0.3 is 5.11 Å². The van der Waals surface area contributed by atoms with Crippen LogP contribution in [0.25, 0.3) is 0 Å². The van der Waals surface area contributed by atoms with Gasteiger partial charge in [0, 0.05) is 6.07 Å². The molecule has 1 aromatic heterocycles. The lowest BCUT2D eigenvalue weighted by atomic mass is 10.4. The molecule has 4 nitrogen and oxygen atoms in total. The number of hydrogen-bond acceptors (Lipinski definition) is 4. The minimum atomic E-state index is -1.09. The van der Waals surface area contributed by atoms with Crippen molar-refractivity contribution >= 4 is 29.3 Å². The first-order chi connectivity index (χ1) is 6.63. The van der Waals surface area contributed by atoms with Gasteiger partial charge in [-0.05, 0) is 23.8 Å². The zero-order valence-electron chi connectivity index (χ0n) is 7.53. The Morgan fingerprint density at radius 2 is 2.36 bits per heavy atom. The molecule has 0 aliphatic rings. The first-order valence-corrected chi connectivity index (χ1v) is 5.40. The largest absolute Gasteiger partial charge is 0.477 e. The molecule has 0 saturated heterocycles. The van der Waals surface area contributed by atoms with Gasteiger partial charge >= 0.3 is 5.97 Å². The van der Waals surface area contributed by atoms with E-state index in [4.69, 9.17) is 16.7 Å². The third kappa shape index (κ3) is 3.16. The van der Waals surface area contributed by atoms with Gasteiger partial charge in [0.25, 0.3) is 0 Å². The maximum absolute atomic E-state index is 10.6. The fraction of sp³-hybridized carbons (Fsp3) is 0.375. The number of aromatic carboxylic acids is 1. The highest BCUT2D eigenvalue weighted by atomic mass is 35.5. The molecule has 0 radical (unpaired) electrons. The number of carbonyl (C=O) groups is 1. The van der Waals surface area contributed by atoms with Crippen LogP contribution >= 0.6 is 23.4 Å². The van der Waals surface area contributed by atoms with Crippen LogP contribution in [-0.4, -0.2) is 26.8 Å². The molecular formula is C8H9ClN2O2S. The van der Waals surface area contributed by atoms with Crippen molar-refractivity contribution in [1.82, 2.24) is 9.97 Å². The summed E-state index contributed by atoms with van der Waals surface area (Å²) in [5, 5.41) is 9.28. The summed E-state index contributed by atoms with van der Waals surface area (Å²) in [6.07, 6.45) is 0.995. The molecule has 14 heavy (non-hydrogen) atoms. The summed E-state index contributed by atoms with van der Waals surface area (Å²) < 4.78 is 0. The van der Waals surface area contributed by atoms with Crippen molar-refractivity contribution in [2.45, 2.75) is 18.4 Å². The molecule has 0 fully saturated rings. The quantitative estimate of drug-likeness (QED) is 0.490. The van der Waals surface area contributed by atoms with E-state index >= 15 is 0 Å². The van der Waals surface area contributed by atoms with Crippen LogP contribution < -0.4 is 0 Å². The monoisotopic (exact) mass is 232 g/mol. The lowest BCUT2D eigenvalue weighted by Crippen LogP contribution is -2.02. The number of hydrogen-bond donors (Lipinski definition) is 1. The first kappa shape index (κ1) is 11.3. The van der Waals surface area contributed by atoms with E-state index < -0.39 is 5.97 Å². The molecule has 0 unspecified atom stereocenters. The normalized spacial score (nSPS) is 10.1. The summed E-state index contributed by atoms with van der Waals surface area (Å²) in [5.41, 5.74) is -0.0661. The number of aromatic nitrogens is 2. The highest BCUT2D eigenvalue weighted by Gasteiger charge is 2.09. The molecular weight excluding hydrogens is 224 g/mol. The van der Waals surface area contributed by atoms with Crippen LogP contribution in [0.3, 0.4) is 0 Å². The van der Waals surface area contributed by atoms with Crippen LogP contribution in [0.4, 0.5) is 0 Å². The molecule has 0 bridgehead atoms. The molecule has 76 valence electrons. The van der Waals surface area contributed by atoms with Crippen molar-refractivity contribution in [2.24, 2.45) is 0 Å². The Hall–Kier alpha value is -0.810. The minimum Gasteiger partial charge on any atom is -0.477 e. The zero-order chi connectivity index (χ0) is 10.6. The standard InChI is InChI=1S/C8H9ClN2O2S/c1-2-3-14-6-4-5(7(12)13)10-8(9)11-6/h4H,2-3H2,1H3,(H,12,13). The number of carboxylic acid groups (broad SMARTS) is 1. The van der Waals surface area contributed by atoms with E-state index in [1.165, 1.54) is 17.8 Å². The maximum atomic E-state index is 10.6. The molecule has 0 aliphatic carbocycles. The van der Waals surface area contributed by atoms with Crippen LogP contribution in [-0.2, 0) is 0 Å². The van der Waals surface area contributed by atoms with Gasteiger partial charge in [-0.25, -0.2) is 14.8 Å². The molecule has 0 amide bonds. The third-order valence-corrected chi connectivity index (χ3v) is 2.63. The fourth-order valence-corrected chi connectivity index (χ4v) is 1.78. The smallest absolute Gasteiger partial charge is 0.354 e.